The van der Waals surface area contributed by atoms with Gasteiger partial charge in [-0.3, -0.25) is 9.40 Å². The molecular weight excluding hydrogens is 302 g/mol. The van der Waals surface area contributed by atoms with Crippen LogP contribution in [0.5, 0.6) is 0 Å². The highest BCUT2D eigenvalue weighted by molar-refractivity contribution is 7.92. The van der Waals surface area contributed by atoms with Crippen LogP contribution in [-0.4, -0.2) is 18.2 Å². The van der Waals surface area contributed by atoms with E-state index in [2.05, 4.69) is 5.10 Å². The number of aryl methyl sites for hydroxylation is 1. The zero-order chi connectivity index (χ0) is 15.6. The van der Waals surface area contributed by atoms with Gasteiger partial charge >= 0.3 is 0 Å². The number of hydrogen-bond acceptors (Lipinski definition) is 4. The fourth-order valence-electron chi connectivity index (χ4n) is 1.74. The highest BCUT2D eigenvalue weighted by atomic mass is 32.2. The summed E-state index contributed by atoms with van der Waals surface area (Å²) in [6, 6.07) is 2.47. The molecule has 114 valence electrons. The lowest BCUT2D eigenvalue weighted by Gasteiger charge is -2.07. The SMILES string of the molecule is CCCn1cc(S(=O)(=O)Nc2cc(F)ccc2F)c(N)n1. The molecule has 0 amide bonds. The number of benzene rings is 1. The van der Waals surface area contributed by atoms with Crippen molar-refractivity contribution < 1.29 is 17.2 Å². The number of nitrogens with two attached hydrogens (primary N) is 1. The molecule has 0 bridgehead atoms. The number of anilines is 2. The highest BCUT2D eigenvalue weighted by Gasteiger charge is 2.22. The summed E-state index contributed by atoms with van der Waals surface area (Å²) in [6.45, 7) is 2.39. The molecule has 0 saturated carbocycles. The van der Waals surface area contributed by atoms with E-state index in [0.29, 0.717) is 6.54 Å². The molecule has 1 aromatic heterocycles. The van der Waals surface area contributed by atoms with Crippen molar-refractivity contribution in [1.82, 2.24) is 9.78 Å². The summed E-state index contributed by atoms with van der Waals surface area (Å²) in [5.74, 6) is -1.85. The minimum absolute atomic E-state index is 0.201. The maximum atomic E-state index is 13.5. The number of nitrogen functional groups attached to an aromatic ring is 1. The van der Waals surface area contributed by atoms with Crippen molar-refractivity contribution in [3.8, 4) is 0 Å². The summed E-state index contributed by atoms with van der Waals surface area (Å²) in [7, 11) is -4.15. The van der Waals surface area contributed by atoms with Crippen LogP contribution in [0.15, 0.2) is 29.3 Å². The molecule has 0 unspecified atom stereocenters. The lowest BCUT2D eigenvalue weighted by atomic mass is 10.3. The number of sulfonamides is 1. The van der Waals surface area contributed by atoms with E-state index >= 15 is 0 Å². The van der Waals surface area contributed by atoms with E-state index in [0.717, 1.165) is 24.6 Å². The Hall–Kier alpha value is -2.16. The van der Waals surface area contributed by atoms with Gasteiger partial charge in [-0.2, -0.15) is 5.10 Å². The van der Waals surface area contributed by atoms with E-state index in [1.807, 2.05) is 11.6 Å². The molecule has 9 heteroatoms. The molecular formula is C12H14F2N4O2S. The molecule has 0 aliphatic rings. The van der Waals surface area contributed by atoms with Crippen molar-refractivity contribution in [2.24, 2.45) is 0 Å². The summed E-state index contributed by atoms with van der Waals surface area (Å²) in [5.41, 5.74) is 5.07. The Balaban J connectivity index is 2.36. The number of nitrogens with zero attached hydrogens (tertiary/aromatic N) is 2. The van der Waals surface area contributed by atoms with Crippen molar-refractivity contribution in [2.75, 3.05) is 10.5 Å². The average molecular weight is 316 g/mol. The van der Waals surface area contributed by atoms with Crippen LogP contribution in [-0.2, 0) is 16.6 Å². The van der Waals surface area contributed by atoms with E-state index < -0.39 is 27.3 Å². The van der Waals surface area contributed by atoms with Gasteiger partial charge in [-0.15, -0.1) is 0 Å². The third-order valence-corrected chi connectivity index (χ3v) is 4.05. The number of hydrogen-bond donors (Lipinski definition) is 2. The van der Waals surface area contributed by atoms with Crippen LogP contribution >= 0.6 is 0 Å². The van der Waals surface area contributed by atoms with E-state index in [-0.39, 0.29) is 10.7 Å². The minimum Gasteiger partial charge on any atom is -0.381 e. The van der Waals surface area contributed by atoms with Crippen LogP contribution in [0.3, 0.4) is 0 Å². The Bertz CT molecular complexity index is 759. The molecule has 0 saturated heterocycles. The molecule has 2 rings (SSSR count). The molecule has 6 nitrogen and oxygen atoms in total. The summed E-state index contributed by atoms with van der Waals surface area (Å²) in [4.78, 5) is -0.278. The molecule has 1 aromatic carbocycles. The van der Waals surface area contributed by atoms with Gasteiger partial charge in [0.25, 0.3) is 10.0 Å². The van der Waals surface area contributed by atoms with E-state index in [1.165, 1.54) is 10.9 Å². The Kier molecular flexibility index (Phi) is 4.12. The van der Waals surface area contributed by atoms with Gasteiger partial charge < -0.3 is 5.73 Å². The van der Waals surface area contributed by atoms with Gasteiger partial charge in [0.2, 0.25) is 0 Å². The average Bonchev–Trinajstić information content (AvgIpc) is 2.76. The predicted octanol–water partition coefficient (Wildman–Crippen LogP) is 1.95. The molecule has 21 heavy (non-hydrogen) atoms. The zero-order valence-corrected chi connectivity index (χ0v) is 12.0. The quantitative estimate of drug-likeness (QED) is 0.882. The lowest BCUT2D eigenvalue weighted by molar-refractivity contribution is 0.591. The molecule has 3 N–H and O–H groups in total. The van der Waals surface area contributed by atoms with Crippen LogP contribution in [0, 0.1) is 11.6 Å². The van der Waals surface area contributed by atoms with Gasteiger partial charge in [0.1, 0.15) is 16.5 Å². The standard InChI is InChI=1S/C12H14F2N4O2S/c1-2-5-18-7-11(12(15)16-18)21(19,20)17-10-6-8(13)3-4-9(10)14/h3-4,6-7,17H,2,5H2,1H3,(H2,15,16). The summed E-state index contributed by atoms with van der Waals surface area (Å²) < 4.78 is 54.2. The number of aromatic nitrogens is 2. The second-order valence-electron chi connectivity index (χ2n) is 4.37. The molecule has 0 atom stereocenters. The molecule has 0 fully saturated rings. The number of nitrogens with one attached hydrogen (secondary N) is 1. The van der Waals surface area contributed by atoms with Crippen molar-refractivity contribution in [3.05, 3.63) is 36.0 Å². The van der Waals surface area contributed by atoms with Gasteiger partial charge in [-0.1, -0.05) is 6.92 Å². The summed E-state index contributed by atoms with van der Waals surface area (Å²) in [6.07, 6.45) is 1.99. The van der Waals surface area contributed by atoms with E-state index in [9.17, 15) is 17.2 Å². The lowest BCUT2D eigenvalue weighted by Crippen LogP contribution is -2.15. The van der Waals surface area contributed by atoms with Gasteiger partial charge in [-0.05, 0) is 18.6 Å². The Morgan fingerprint density at radius 2 is 2.10 bits per heavy atom. The van der Waals surface area contributed by atoms with Crippen LogP contribution < -0.4 is 10.5 Å². The van der Waals surface area contributed by atoms with Crippen molar-refractivity contribution in [3.63, 3.8) is 0 Å². The first-order valence-electron chi connectivity index (χ1n) is 6.14. The third-order valence-electron chi connectivity index (χ3n) is 2.67. The third kappa shape index (κ3) is 3.30. The first-order chi connectivity index (χ1) is 9.83. The van der Waals surface area contributed by atoms with Gasteiger partial charge in [0, 0.05) is 18.8 Å². The molecule has 0 spiro atoms. The van der Waals surface area contributed by atoms with Crippen LogP contribution in [0.2, 0.25) is 0 Å². The van der Waals surface area contributed by atoms with E-state index in [1.54, 1.807) is 0 Å². The van der Waals surface area contributed by atoms with Gasteiger partial charge in [0.15, 0.2) is 5.82 Å². The van der Waals surface area contributed by atoms with Crippen LogP contribution in [0.25, 0.3) is 0 Å². The summed E-state index contributed by atoms with van der Waals surface area (Å²) in [5, 5.41) is 3.86. The maximum absolute atomic E-state index is 13.5. The molecule has 0 aliphatic heterocycles. The van der Waals surface area contributed by atoms with Crippen molar-refractivity contribution >= 4 is 21.5 Å². The van der Waals surface area contributed by atoms with Gasteiger partial charge in [-0.25, -0.2) is 17.2 Å². The second-order valence-corrected chi connectivity index (χ2v) is 6.02. The second kappa shape index (κ2) is 5.68. The smallest absolute Gasteiger partial charge is 0.267 e. The normalized spacial score (nSPS) is 11.6. The first-order valence-corrected chi connectivity index (χ1v) is 7.62. The van der Waals surface area contributed by atoms with E-state index in [4.69, 9.17) is 5.73 Å². The Morgan fingerprint density at radius 1 is 1.38 bits per heavy atom. The fraction of sp³-hybridized carbons (Fsp3) is 0.250. The molecule has 0 aliphatic carbocycles. The monoisotopic (exact) mass is 316 g/mol. The van der Waals surface area contributed by atoms with Crippen molar-refractivity contribution in [2.45, 2.75) is 24.8 Å². The zero-order valence-electron chi connectivity index (χ0n) is 11.2. The molecule has 2 aromatic rings. The fourth-order valence-corrected chi connectivity index (χ4v) is 2.88. The van der Waals surface area contributed by atoms with Crippen molar-refractivity contribution in [1.29, 1.82) is 0 Å². The number of rotatable bonds is 5. The maximum Gasteiger partial charge on any atom is 0.267 e. The first kappa shape index (κ1) is 15.2. The minimum atomic E-state index is -4.15. The topological polar surface area (TPSA) is 90.0 Å². The van der Waals surface area contributed by atoms with Gasteiger partial charge in [0.05, 0.1) is 5.69 Å². The number of halogens is 2. The predicted molar refractivity (Wildman–Crippen MR) is 74.1 cm³/mol. The molecule has 1 heterocycles. The Labute approximate surface area is 120 Å². The molecule has 0 radical (unpaired) electrons. The Morgan fingerprint density at radius 3 is 2.76 bits per heavy atom. The van der Waals surface area contributed by atoms with Crippen LogP contribution in [0.1, 0.15) is 13.3 Å². The largest absolute Gasteiger partial charge is 0.381 e. The van der Waals surface area contributed by atoms with Crippen LogP contribution in [0.4, 0.5) is 20.3 Å². The summed E-state index contributed by atoms with van der Waals surface area (Å²) >= 11 is 0. The highest BCUT2D eigenvalue weighted by Crippen LogP contribution is 2.23.